The molecule has 2 N–H and O–H groups in total. The highest BCUT2D eigenvalue weighted by atomic mass is 19.1. The summed E-state index contributed by atoms with van der Waals surface area (Å²) in [6.45, 7) is 2.29. The summed E-state index contributed by atoms with van der Waals surface area (Å²) in [6, 6.07) is 6.99. The molecule has 21 heavy (non-hydrogen) atoms. The Hall–Kier alpha value is -2.70. The molecule has 0 aliphatic carbocycles. The third-order valence-corrected chi connectivity index (χ3v) is 2.66. The molecule has 1 aromatic carbocycles. The second-order valence-electron chi connectivity index (χ2n) is 4.19. The Kier molecular flexibility index (Phi) is 4.65. The smallest absolute Gasteiger partial charge is 0.271 e. The van der Waals surface area contributed by atoms with Crippen molar-refractivity contribution in [2.75, 3.05) is 6.61 Å². The normalized spacial score (nSPS) is 10.2. The molecule has 6 nitrogen and oxygen atoms in total. The van der Waals surface area contributed by atoms with Gasteiger partial charge in [-0.05, 0) is 30.7 Å². The second kappa shape index (κ2) is 6.65. The summed E-state index contributed by atoms with van der Waals surface area (Å²) in [6.07, 6.45) is 0. The number of carbonyl (C=O) groups excluding carboxylic acids is 1. The van der Waals surface area contributed by atoms with E-state index in [2.05, 4.69) is 15.5 Å². The lowest BCUT2D eigenvalue weighted by Crippen LogP contribution is -2.25. The van der Waals surface area contributed by atoms with Gasteiger partial charge in [-0.1, -0.05) is 6.07 Å². The maximum absolute atomic E-state index is 13.6. The number of halogens is 1. The van der Waals surface area contributed by atoms with Crippen molar-refractivity contribution in [2.45, 2.75) is 13.5 Å². The van der Waals surface area contributed by atoms with Crippen LogP contribution in [0.25, 0.3) is 0 Å². The number of aromatic amines is 1. The number of aromatic nitrogens is 2. The number of carbonyl (C=O) groups is 1. The fourth-order valence-corrected chi connectivity index (χ4v) is 1.67. The van der Waals surface area contributed by atoms with Crippen LogP contribution in [0.5, 0.6) is 5.75 Å². The Labute approximate surface area is 120 Å². The van der Waals surface area contributed by atoms with Crippen molar-refractivity contribution in [3.8, 4) is 5.75 Å². The number of amides is 1. The molecule has 1 heterocycles. The molecular weight excluding hydrogens is 277 g/mol. The Balaban J connectivity index is 1.99. The number of nitrogens with one attached hydrogen (secondary N) is 2. The number of hydrogen-bond donors (Lipinski definition) is 2. The van der Waals surface area contributed by atoms with E-state index in [0.717, 1.165) is 0 Å². The summed E-state index contributed by atoms with van der Waals surface area (Å²) in [5.74, 6) is -0.763. The first-order valence-electron chi connectivity index (χ1n) is 6.35. The summed E-state index contributed by atoms with van der Waals surface area (Å²) >= 11 is 0. The van der Waals surface area contributed by atoms with Gasteiger partial charge in [-0.2, -0.15) is 5.10 Å². The minimum Gasteiger partial charge on any atom is -0.491 e. The topological polar surface area (TPSA) is 84.1 Å². The maximum atomic E-state index is 13.6. The molecule has 0 atom stereocenters. The van der Waals surface area contributed by atoms with Crippen LogP contribution >= 0.6 is 0 Å². The molecule has 0 fully saturated rings. The van der Waals surface area contributed by atoms with Gasteiger partial charge in [-0.3, -0.25) is 9.59 Å². The monoisotopic (exact) mass is 291 g/mol. The van der Waals surface area contributed by atoms with Crippen LogP contribution in [0.4, 0.5) is 4.39 Å². The lowest BCUT2D eigenvalue weighted by molar-refractivity contribution is 0.0944. The molecule has 0 radical (unpaired) electrons. The minimum absolute atomic E-state index is 0.0843. The van der Waals surface area contributed by atoms with E-state index in [4.69, 9.17) is 4.74 Å². The summed E-state index contributed by atoms with van der Waals surface area (Å²) in [7, 11) is 0. The Morgan fingerprint density at radius 3 is 2.81 bits per heavy atom. The van der Waals surface area contributed by atoms with Crippen molar-refractivity contribution >= 4 is 5.91 Å². The van der Waals surface area contributed by atoms with E-state index in [1.807, 2.05) is 0 Å². The van der Waals surface area contributed by atoms with Crippen LogP contribution in [0.3, 0.4) is 0 Å². The predicted molar refractivity (Wildman–Crippen MR) is 73.6 cm³/mol. The van der Waals surface area contributed by atoms with Gasteiger partial charge in [-0.15, -0.1) is 0 Å². The highest BCUT2D eigenvalue weighted by Gasteiger charge is 2.08. The molecule has 110 valence electrons. The predicted octanol–water partition coefficient (Wildman–Crippen LogP) is 1.24. The first-order chi connectivity index (χ1) is 10.1. The van der Waals surface area contributed by atoms with Crippen molar-refractivity contribution in [3.63, 3.8) is 0 Å². The van der Waals surface area contributed by atoms with E-state index < -0.39 is 11.7 Å². The fourth-order valence-electron chi connectivity index (χ4n) is 1.67. The van der Waals surface area contributed by atoms with Gasteiger partial charge in [0.15, 0.2) is 11.6 Å². The first kappa shape index (κ1) is 14.7. The molecule has 2 rings (SSSR count). The van der Waals surface area contributed by atoms with Gasteiger partial charge in [0.25, 0.3) is 11.5 Å². The number of H-pyrrole nitrogens is 1. The summed E-state index contributed by atoms with van der Waals surface area (Å²) < 4.78 is 18.7. The quantitative estimate of drug-likeness (QED) is 0.868. The van der Waals surface area contributed by atoms with Crippen LogP contribution < -0.4 is 15.6 Å². The van der Waals surface area contributed by atoms with Crippen molar-refractivity contribution in [3.05, 3.63) is 57.8 Å². The van der Waals surface area contributed by atoms with Gasteiger partial charge in [0.1, 0.15) is 5.69 Å². The van der Waals surface area contributed by atoms with E-state index in [9.17, 15) is 14.0 Å². The standard InChI is InChI=1S/C14H14FN3O3/c1-2-21-12-5-3-9(7-10(12)15)8-16-14(20)11-4-6-13(19)18-17-11/h3-7H,2,8H2,1H3,(H,16,20)(H,18,19). The lowest BCUT2D eigenvalue weighted by Gasteiger charge is -2.08. The number of rotatable bonds is 5. The SMILES string of the molecule is CCOc1ccc(CNC(=O)c2ccc(=O)[nH]n2)cc1F. The van der Waals surface area contributed by atoms with Crippen molar-refractivity contribution in [1.29, 1.82) is 0 Å². The third kappa shape index (κ3) is 3.88. The molecular formula is C14H14FN3O3. The van der Waals surface area contributed by atoms with E-state index in [1.54, 1.807) is 13.0 Å². The molecule has 0 spiro atoms. The molecule has 1 amide bonds. The van der Waals surface area contributed by atoms with E-state index in [1.165, 1.54) is 24.3 Å². The number of hydrogen-bond acceptors (Lipinski definition) is 4. The van der Waals surface area contributed by atoms with Crippen molar-refractivity contribution in [1.82, 2.24) is 15.5 Å². The van der Waals surface area contributed by atoms with Gasteiger partial charge in [0.05, 0.1) is 6.61 Å². The van der Waals surface area contributed by atoms with E-state index >= 15 is 0 Å². The van der Waals surface area contributed by atoms with Crippen LogP contribution in [0.2, 0.25) is 0 Å². The highest BCUT2D eigenvalue weighted by molar-refractivity contribution is 5.91. The van der Waals surface area contributed by atoms with E-state index in [0.29, 0.717) is 12.2 Å². The lowest BCUT2D eigenvalue weighted by atomic mass is 10.2. The Morgan fingerprint density at radius 1 is 1.38 bits per heavy atom. The zero-order valence-electron chi connectivity index (χ0n) is 11.4. The molecule has 0 bridgehead atoms. The Morgan fingerprint density at radius 2 is 2.19 bits per heavy atom. The summed E-state index contributed by atoms with van der Waals surface area (Å²) in [5, 5.41) is 8.35. The molecule has 2 aromatic rings. The number of nitrogens with zero attached hydrogens (tertiary/aromatic N) is 1. The van der Waals surface area contributed by atoms with E-state index in [-0.39, 0.29) is 23.5 Å². The van der Waals surface area contributed by atoms with Gasteiger partial charge < -0.3 is 10.1 Å². The Bertz CT molecular complexity index is 680. The minimum atomic E-state index is -0.481. The first-order valence-corrected chi connectivity index (χ1v) is 6.35. The number of benzene rings is 1. The molecule has 0 aliphatic rings. The van der Waals surface area contributed by atoms with Crippen LogP contribution in [-0.2, 0) is 6.54 Å². The molecule has 0 saturated heterocycles. The zero-order valence-corrected chi connectivity index (χ0v) is 11.4. The molecule has 7 heteroatoms. The van der Waals surface area contributed by atoms with Gasteiger partial charge in [-0.25, -0.2) is 9.49 Å². The summed E-state index contributed by atoms with van der Waals surface area (Å²) in [5.41, 5.74) is 0.287. The third-order valence-electron chi connectivity index (χ3n) is 2.66. The van der Waals surface area contributed by atoms with Gasteiger partial charge in [0.2, 0.25) is 0 Å². The number of ether oxygens (including phenoxy) is 1. The van der Waals surface area contributed by atoms with Crippen LogP contribution in [-0.4, -0.2) is 22.7 Å². The van der Waals surface area contributed by atoms with Crippen molar-refractivity contribution < 1.29 is 13.9 Å². The average Bonchev–Trinajstić information content (AvgIpc) is 2.48. The molecule has 1 aromatic heterocycles. The molecule has 0 aliphatic heterocycles. The van der Waals surface area contributed by atoms with Crippen LogP contribution in [0.15, 0.2) is 35.1 Å². The van der Waals surface area contributed by atoms with Gasteiger partial charge in [0, 0.05) is 12.6 Å². The second-order valence-corrected chi connectivity index (χ2v) is 4.19. The average molecular weight is 291 g/mol. The fraction of sp³-hybridized carbons (Fsp3) is 0.214. The maximum Gasteiger partial charge on any atom is 0.271 e. The molecule has 0 saturated carbocycles. The molecule has 0 unspecified atom stereocenters. The van der Waals surface area contributed by atoms with Crippen LogP contribution in [0, 0.1) is 5.82 Å². The van der Waals surface area contributed by atoms with Crippen LogP contribution in [0.1, 0.15) is 23.0 Å². The van der Waals surface area contributed by atoms with Gasteiger partial charge >= 0.3 is 0 Å². The zero-order chi connectivity index (χ0) is 15.2. The largest absolute Gasteiger partial charge is 0.491 e. The summed E-state index contributed by atoms with van der Waals surface area (Å²) in [4.78, 5) is 22.6. The highest BCUT2D eigenvalue weighted by Crippen LogP contribution is 2.18. The van der Waals surface area contributed by atoms with Crippen molar-refractivity contribution in [2.24, 2.45) is 0 Å².